The second-order valence-corrected chi connectivity index (χ2v) is 4.32. The summed E-state index contributed by atoms with van der Waals surface area (Å²) in [6.45, 7) is 1.32. The van der Waals surface area contributed by atoms with E-state index in [1.54, 1.807) is 0 Å². The molecule has 0 saturated carbocycles. The summed E-state index contributed by atoms with van der Waals surface area (Å²) in [6.07, 6.45) is -12.9. The first-order chi connectivity index (χ1) is 9.29. The van der Waals surface area contributed by atoms with E-state index in [9.17, 15) is 35.5 Å². The van der Waals surface area contributed by atoms with Gasteiger partial charge in [0.2, 0.25) is 0 Å². The van der Waals surface area contributed by atoms with Gasteiger partial charge in [0, 0.05) is 11.4 Å². The molecule has 1 aromatic rings. The Balaban J connectivity index is 3.20. The zero-order valence-electron chi connectivity index (χ0n) is 10.0. The third-order valence-electron chi connectivity index (χ3n) is 2.27. The molecular formula is C10H6ClF7N2O. The Morgan fingerprint density at radius 2 is 1.57 bits per heavy atom. The molecule has 0 unspecified atom stereocenters. The Morgan fingerprint density at radius 1 is 1.10 bits per heavy atom. The summed E-state index contributed by atoms with van der Waals surface area (Å²) in [4.78, 5) is 14.7. The lowest BCUT2D eigenvalue weighted by molar-refractivity contribution is -0.324. The minimum atomic E-state index is -6.47. The zero-order valence-corrected chi connectivity index (χ0v) is 10.8. The maximum atomic E-state index is 13.4. The molecule has 11 heteroatoms. The van der Waals surface area contributed by atoms with Crippen molar-refractivity contribution in [3.8, 4) is 0 Å². The van der Waals surface area contributed by atoms with E-state index in [4.69, 9.17) is 11.6 Å². The van der Waals surface area contributed by atoms with E-state index >= 15 is 0 Å². The van der Waals surface area contributed by atoms with Crippen molar-refractivity contribution in [3.63, 3.8) is 0 Å². The highest BCUT2D eigenvalue weighted by atomic mass is 35.5. The highest BCUT2D eigenvalue weighted by Crippen LogP contribution is 2.46. The highest BCUT2D eigenvalue weighted by Gasteiger charge is 2.77. The molecule has 21 heavy (non-hydrogen) atoms. The first kappa shape index (κ1) is 17.5. The van der Waals surface area contributed by atoms with Crippen LogP contribution < -0.4 is 5.32 Å². The van der Waals surface area contributed by atoms with Gasteiger partial charge in [0.05, 0.1) is 0 Å². The van der Waals surface area contributed by atoms with Gasteiger partial charge in [-0.25, -0.2) is 9.37 Å². The first-order valence-corrected chi connectivity index (χ1v) is 5.45. The van der Waals surface area contributed by atoms with Crippen LogP contribution in [0, 0.1) is 6.92 Å². The molecule has 1 heterocycles. The first-order valence-electron chi connectivity index (χ1n) is 5.07. The quantitative estimate of drug-likeness (QED) is 0.658. The average Bonchev–Trinajstić information content (AvgIpc) is 2.22. The number of aromatic nitrogens is 1. The molecule has 0 aliphatic rings. The van der Waals surface area contributed by atoms with Crippen molar-refractivity contribution < 1.29 is 35.5 Å². The zero-order chi connectivity index (χ0) is 16.6. The number of halogens is 8. The molecule has 0 saturated heterocycles. The fourth-order valence-electron chi connectivity index (χ4n) is 1.34. The summed E-state index contributed by atoms with van der Waals surface area (Å²) < 4.78 is 87.3. The maximum Gasteiger partial charge on any atom is 0.441 e. The molecule has 118 valence electrons. The summed E-state index contributed by atoms with van der Waals surface area (Å²) in [5, 5.41) is 0.901. The van der Waals surface area contributed by atoms with E-state index in [1.165, 1.54) is 12.2 Å². The molecule has 0 fully saturated rings. The van der Waals surface area contributed by atoms with Gasteiger partial charge >= 0.3 is 18.0 Å². The van der Waals surface area contributed by atoms with Crippen LogP contribution in [0.15, 0.2) is 12.1 Å². The SMILES string of the molecule is Cc1cc(NC(=O)C(F)(C(F)(F)F)C(F)(F)F)cc(Cl)n1. The number of aryl methyl sites for hydroxylation is 1. The molecule has 0 aromatic carbocycles. The van der Waals surface area contributed by atoms with E-state index in [0.29, 0.717) is 0 Å². The lowest BCUT2D eigenvalue weighted by Gasteiger charge is -2.28. The second kappa shape index (κ2) is 5.32. The second-order valence-electron chi connectivity index (χ2n) is 3.93. The standard InChI is InChI=1S/C10H6ClF7N2O/c1-4-2-5(3-6(11)19-4)20-7(21)8(12,9(13,14)15)10(16,17)18/h2-3H,1H3,(H,19,20,21). The monoisotopic (exact) mass is 338 g/mol. The molecule has 0 bridgehead atoms. The van der Waals surface area contributed by atoms with E-state index in [1.807, 2.05) is 0 Å². The number of nitrogens with zero attached hydrogens (tertiary/aromatic N) is 1. The predicted octanol–water partition coefficient (Wildman–Crippen LogP) is 3.81. The topological polar surface area (TPSA) is 42.0 Å². The summed E-state index contributed by atoms with van der Waals surface area (Å²) in [5.41, 5.74) is -6.49. The fourth-order valence-corrected chi connectivity index (χ4v) is 1.59. The summed E-state index contributed by atoms with van der Waals surface area (Å²) in [7, 11) is 0. The van der Waals surface area contributed by atoms with E-state index < -0.39 is 29.6 Å². The van der Waals surface area contributed by atoms with Crippen molar-refractivity contribution in [1.82, 2.24) is 4.98 Å². The molecule has 1 aromatic heterocycles. The number of carbonyl (C=O) groups is 1. The number of hydrogen-bond donors (Lipinski definition) is 1. The molecule has 0 atom stereocenters. The third kappa shape index (κ3) is 3.36. The van der Waals surface area contributed by atoms with Crippen molar-refractivity contribution >= 4 is 23.2 Å². The van der Waals surface area contributed by atoms with Gasteiger partial charge in [-0.05, 0) is 19.1 Å². The van der Waals surface area contributed by atoms with Gasteiger partial charge in [-0.1, -0.05) is 11.6 Å². The molecule has 1 amide bonds. The van der Waals surface area contributed by atoms with Crippen LogP contribution in [0.4, 0.5) is 36.4 Å². The van der Waals surface area contributed by atoms with Gasteiger partial charge in [-0.2, -0.15) is 26.3 Å². The van der Waals surface area contributed by atoms with Gasteiger partial charge in [-0.3, -0.25) is 4.79 Å². The molecular weight excluding hydrogens is 333 g/mol. The van der Waals surface area contributed by atoms with Crippen molar-refractivity contribution in [2.24, 2.45) is 0 Å². The minimum absolute atomic E-state index is 0.0984. The Labute approximate surface area is 118 Å². The van der Waals surface area contributed by atoms with E-state index in [2.05, 4.69) is 4.98 Å². The number of hydrogen-bond acceptors (Lipinski definition) is 2. The van der Waals surface area contributed by atoms with Crippen molar-refractivity contribution in [3.05, 3.63) is 23.0 Å². The van der Waals surface area contributed by atoms with Crippen LogP contribution in [-0.2, 0) is 4.79 Å². The molecule has 3 nitrogen and oxygen atoms in total. The number of alkyl halides is 7. The van der Waals surface area contributed by atoms with Crippen LogP contribution in [0.25, 0.3) is 0 Å². The fraction of sp³-hybridized carbons (Fsp3) is 0.400. The average molecular weight is 339 g/mol. The normalized spacial score (nSPS) is 13.2. The van der Waals surface area contributed by atoms with Crippen LogP contribution in [-0.4, -0.2) is 28.9 Å². The van der Waals surface area contributed by atoms with Gasteiger partial charge in [-0.15, -0.1) is 0 Å². The number of anilines is 1. The van der Waals surface area contributed by atoms with Crippen LogP contribution in [0.3, 0.4) is 0 Å². The lowest BCUT2D eigenvalue weighted by atomic mass is 10.0. The Hall–Kier alpha value is -1.58. The van der Waals surface area contributed by atoms with E-state index in [-0.39, 0.29) is 10.8 Å². The van der Waals surface area contributed by atoms with Crippen LogP contribution in [0.1, 0.15) is 5.69 Å². The van der Waals surface area contributed by atoms with Gasteiger partial charge in [0.1, 0.15) is 5.15 Å². The highest BCUT2D eigenvalue weighted by molar-refractivity contribution is 6.29. The van der Waals surface area contributed by atoms with Crippen molar-refractivity contribution in [1.29, 1.82) is 0 Å². The predicted molar refractivity (Wildman–Crippen MR) is 58.6 cm³/mol. The van der Waals surface area contributed by atoms with Gasteiger partial charge in [0.15, 0.2) is 0 Å². The number of rotatable bonds is 2. The number of amides is 1. The molecule has 0 spiro atoms. The largest absolute Gasteiger partial charge is 0.441 e. The van der Waals surface area contributed by atoms with Gasteiger partial charge in [0.25, 0.3) is 5.91 Å². The Bertz CT molecular complexity index is 521. The summed E-state index contributed by atoms with van der Waals surface area (Å²) in [6, 6.07) is 1.70. The van der Waals surface area contributed by atoms with Crippen LogP contribution in [0.2, 0.25) is 5.15 Å². The van der Waals surface area contributed by atoms with Crippen LogP contribution >= 0.6 is 11.6 Å². The van der Waals surface area contributed by atoms with E-state index in [0.717, 1.165) is 12.1 Å². The summed E-state index contributed by atoms with van der Waals surface area (Å²) >= 11 is 5.43. The third-order valence-corrected chi connectivity index (χ3v) is 2.47. The Kier molecular flexibility index (Phi) is 4.42. The molecule has 0 radical (unpaired) electrons. The van der Waals surface area contributed by atoms with Crippen molar-refractivity contribution in [2.75, 3.05) is 5.32 Å². The van der Waals surface area contributed by atoms with Crippen molar-refractivity contribution in [2.45, 2.75) is 24.9 Å². The Morgan fingerprint density at radius 3 is 1.95 bits per heavy atom. The summed E-state index contributed by atoms with van der Waals surface area (Å²) in [5.74, 6) is -2.91. The minimum Gasteiger partial charge on any atom is -0.322 e. The molecule has 0 aliphatic heterocycles. The molecule has 1 N–H and O–H groups in total. The van der Waals surface area contributed by atoms with Crippen LogP contribution in [0.5, 0.6) is 0 Å². The molecule has 0 aliphatic carbocycles. The number of nitrogens with one attached hydrogen (secondary N) is 1. The maximum absolute atomic E-state index is 13.4. The smallest absolute Gasteiger partial charge is 0.322 e. The number of pyridine rings is 1. The lowest BCUT2D eigenvalue weighted by Crippen LogP contribution is -2.60. The van der Waals surface area contributed by atoms with Gasteiger partial charge < -0.3 is 5.32 Å². The number of carbonyl (C=O) groups excluding carboxylic acids is 1. The molecule has 1 rings (SSSR count).